The molecule has 2 heterocycles. The summed E-state index contributed by atoms with van der Waals surface area (Å²) in [5.41, 5.74) is 1.76. The number of amides is 1. The maximum absolute atomic E-state index is 13.2. The third kappa shape index (κ3) is 6.51. The van der Waals surface area contributed by atoms with E-state index in [1.807, 2.05) is 49.3 Å². The third-order valence-corrected chi connectivity index (χ3v) is 4.30. The first-order chi connectivity index (χ1) is 14.9. The molecule has 0 fully saturated rings. The summed E-state index contributed by atoms with van der Waals surface area (Å²) in [5.74, 6) is -3.48. The minimum Gasteiger partial charge on any atom is -0.475 e. The molecule has 1 N–H and O–H groups in total. The lowest BCUT2D eigenvalue weighted by Crippen LogP contribution is -2.37. The number of carbonyl (C=O) groups excluding carboxylic acids is 1. The molecule has 11 heteroatoms. The number of rotatable bonds is 5. The molecular weight excluding hydrogens is 434 g/mol. The number of carboxylic acid groups (broad SMARTS) is 1. The number of aliphatic carboxylic acids is 1. The molecule has 172 valence electrons. The second-order valence-corrected chi connectivity index (χ2v) is 7.04. The summed E-state index contributed by atoms with van der Waals surface area (Å²) in [6.45, 7) is 0.666. The SMILES string of the molecule is CN(C)CC(c1ccccc1)N(C)C(=O)c1cc2nc(F)ccc2o1.O=C(O)C(F)(F)F. The minimum absolute atomic E-state index is 0.137. The lowest BCUT2D eigenvalue weighted by Gasteiger charge is -2.30. The second kappa shape index (κ2) is 10.2. The molecule has 3 rings (SSSR count). The largest absolute Gasteiger partial charge is 0.490 e. The number of fused-ring (bicyclic) bond motifs is 1. The number of likely N-dealkylation sites (N-methyl/N-ethyl adjacent to an activating group) is 2. The Morgan fingerprint density at radius 3 is 2.22 bits per heavy atom. The highest BCUT2D eigenvalue weighted by molar-refractivity contribution is 5.95. The molecular formula is C21H21F4N3O4. The summed E-state index contributed by atoms with van der Waals surface area (Å²) < 4.78 is 50.5. The molecule has 0 saturated heterocycles. The Labute approximate surface area is 180 Å². The molecule has 1 amide bonds. The molecule has 1 unspecified atom stereocenters. The minimum atomic E-state index is -5.08. The van der Waals surface area contributed by atoms with Crippen molar-refractivity contribution in [1.82, 2.24) is 14.8 Å². The Morgan fingerprint density at radius 2 is 1.69 bits per heavy atom. The monoisotopic (exact) mass is 455 g/mol. The van der Waals surface area contributed by atoms with Crippen molar-refractivity contribution >= 4 is 23.0 Å². The van der Waals surface area contributed by atoms with Crippen LogP contribution in [0.5, 0.6) is 0 Å². The third-order valence-electron chi connectivity index (χ3n) is 4.30. The van der Waals surface area contributed by atoms with Gasteiger partial charge in [-0.15, -0.1) is 0 Å². The van der Waals surface area contributed by atoms with Gasteiger partial charge in [0.2, 0.25) is 5.95 Å². The number of alkyl halides is 3. The van der Waals surface area contributed by atoms with Crippen molar-refractivity contribution in [3.8, 4) is 0 Å². The Morgan fingerprint density at radius 1 is 1.09 bits per heavy atom. The topological polar surface area (TPSA) is 86.9 Å². The quantitative estimate of drug-likeness (QED) is 0.463. The predicted molar refractivity (Wildman–Crippen MR) is 107 cm³/mol. The van der Waals surface area contributed by atoms with Crippen LogP contribution in [0.25, 0.3) is 11.1 Å². The first-order valence-electron chi connectivity index (χ1n) is 9.23. The number of benzene rings is 1. The van der Waals surface area contributed by atoms with Crippen LogP contribution in [0, 0.1) is 5.95 Å². The number of carbonyl (C=O) groups is 2. The summed E-state index contributed by atoms with van der Waals surface area (Å²) in [5, 5.41) is 7.12. The number of halogens is 4. The maximum Gasteiger partial charge on any atom is 0.490 e. The molecule has 0 aliphatic carbocycles. The normalized spacial score (nSPS) is 12.2. The van der Waals surface area contributed by atoms with Gasteiger partial charge in [0.15, 0.2) is 11.3 Å². The van der Waals surface area contributed by atoms with E-state index in [-0.39, 0.29) is 17.7 Å². The summed E-state index contributed by atoms with van der Waals surface area (Å²) in [7, 11) is 5.66. The average molecular weight is 455 g/mol. The Balaban J connectivity index is 0.000000451. The van der Waals surface area contributed by atoms with E-state index in [2.05, 4.69) is 4.98 Å². The summed E-state index contributed by atoms with van der Waals surface area (Å²) in [4.78, 5) is 29.2. The van der Waals surface area contributed by atoms with Gasteiger partial charge in [0.05, 0.1) is 6.04 Å². The predicted octanol–water partition coefficient (Wildman–Crippen LogP) is 3.98. The van der Waals surface area contributed by atoms with E-state index in [1.54, 1.807) is 11.9 Å². The molecule has 32 heavy (non-hydrogen) atoms. The van der Waals surface area contributed by atoms with Gasteiger partial charge in [-0.3, -0.25) is 4.79 Å². The smallest absolute Gasteiger partial charge is 0.475 e. The van der Waals surface area contributed by atoms with Crippen molar-refractivity contribution in [1.29, 1.82) is 0 Å². The van der Waals surface area contributed by atoms with E-state index in [9.17, 15) is 22.4 Å². The van der Waals surface area contributed by atoms with Crippen molar-refractivity contribution in [2.75, 3.05) is 27.7 Å². The number of carboxylic acids is 1. The van der Waals surface area contributed by atoms with Crippen LogP contribution in [0.2, 0.25) is 0 Å². The van der Waals surface area contributed by atoms with Gasteiger partial charge in [0, 0.05) is 19.7 Å². The van der Waals surface area contributed by atoms with Crippen LogP contribution in [0.1, 0.15) is 22.2 Å². The maximum atomic E-state index is 13.2. The number of aromatic nitrogens is 1. The Bertz CT molecular complexity index is 1070. The lowest BCUT2D eigenvalue weighted by atomic mass is 10.0. The van der Waals surface area contributed by atoms with Gasteiger partial charge in [-0.2, -0.15) is 17.6 Å². The molecule has 0 bridgehead atoms. The Kier molecular flexibility index (Phi) is 7.92. The first-order valence-corrected chi connectivity index (χ1v) is 9.23. The van der Waals surface area contributed by atoms with Gasteiger partial charge >= 0.3 is 12.1 Å². The number of pyridine rings is 1. The zero-order valence-corrected chi connectivity index (χ0v) is 17.4. The highest BCUT2D eigenvalue weighted by Gasteiger charge is 2.38. The zero-order valence-electron chi connectivity index (χ0n) is 17.4. The van der Waals surface area contributed by atoms with E-state index >= 15 is 0 Å². The fourth-order valence-electron chi connectivity index (χ4n) is 2.79. The molecule has 1 atom stereocenters. The van der Waals surface area contributed by atoms with Crippen LogP contribution in [-0.4, -0.2) is 65.6 Å². The number of hydrogen-bond acceptors (Lipinski definition) is 5. The fraction of sp³-hybridized carbons (Fsp3) is 0.286. The molecule has 0 aliphatic rings. The molecule has 0 radical (unpaired) electrons. The molecule has 3 aromatic rings. The first kappa shape index (κ1) is 24.8. The molecule has 1 aromatic carbocycles. The lowest BCUT2D eigenvalue weighted by molar-refractivity contribution is -0.192. The van der Waals surface area contributed by atoms with Crippen LogP contribution < -0.4 is 0 Å². The van der Waals surface area contributed by atoms with Gasteiger partial charge in [0.25, 0.3) is 5.91 Å². The standard InChI is InChI=1S/C19H20FN3O2.C2HF3O2/c1-22(2)12-15(13-7-5-4-6-8-13)23(3)19(24)17-11-14-16(25-17)9-10-18(20)21-14;3-2(4,5)1(6)7/h4-11,15H,12H2,1-3H3;(H,6,7). The van der Waals surface area contributed by atoms with E-state index in [1.165, 1.54) is 18.2 Å². The molecule has 7 nitrogen and oxygen atoms in total. The van der Waals surface area contributed by atoms with Crippen LogP contribution in [-0.2, 0) is 4.79 Å². The van der Waals surface area contributed by atoms with E-state index < -0.39 is 18.1 Å². The van der Waals surface area contributed by atoms with Crippen LogP contribution >= 0.6 is 0 Å². The van der Waals surface area contributed by atoms with Gasteiger partial charge in [-0.05, 0) is 31.8 Å². The number of hydrogen-bond donors (Lipinski definition) is 1. The van der Waals surface area contributed by atoms with Crippen LogP contribution in [0.3, 0.4) is 0 Å². The van der Waals surface area contributed by atoms with E-state index in [0.29, 0.717) is 17.6 Å². The summed E-state index contributed by atoms with van der Waals surface area (Å²) in [6.07, 6.45) is -5.08. The summed E-state index contributed by atoms with van der Waals surface area (Å²) in [6, 6.07) is 13.9. The van der Waals surface area contributed by atoms with Crippen molar-refractivity contribution in [3.05, 3.63) is 65.8 Å². The molecule has 2 aromatic heterocycles. The number of nitrogens with zero attached hydrogens (tertiary/aromatic N) is 3. The van der Waals surface area contributed by atoms with E-state index in [4.69, 9.17) is 14.3 Å². The van der Waals surface area contributed by atoms with Gasteiger partial charge < -0.3 is 19.3 Å². The van der Waals surface area contributed by atoms with Crippen molar-refractivity contribution in [3.63, 3.8) is 0 Å². The Hall–Kier alpha value is -3.47. The van der Waals surface area contributed by atoms with Crippen LogP contribution in [0.15, 0.2) is 52.9 Å². The zero-order chi connectivity index (χ0) is 24.1. The molecule has 0 spiro atoms. The van der Waals surface area contributed by atoms with Gasteiger partial charge in [-0.25, -0.2) is 9.78 Å². The molecule has 0 saturated carbocycles. The van der Waals surface area contributed by atoms with Crippen molar-refractivity contribution < 1.29 is 36.7 Å². The van der Waals surface area contributed by atoms with Gasteiger partial charge in [-0.1, -0.05) is 30.3 Å². The fourth-order valence-corrected chi connectivity index (χ4v) is 2.79. The van der Waals surface area contributed by atoms with Gasteiger partial charge in [0.1, 0.15) is 5.52 Å². The van der Waals surface area contributed by atoms with Crippen molar-refractivity contribution in [2.24, 2.45) is 0 Å². The molecule has 0 aliphatic heterocycles. The van der Waals surface area contributed by atoms with Crippen LogP contribution in [0.4, 0.5) is 17.6 Å². The summed E-state index contributed by atoms with van der Waals surface area (Å²) >= 11 is 0. The highest BCUT2D eigenvalue weighted by Crippen LogP contribution is 2.24. The highest BCUT2D eigenvalue weighted by atomic mass is 19.4. The second-order valence-electron chi connectivity index (χ2n) is 7.04. The van der Waals surface area contributed by atoms with Crippen molar-refractivity contribution in [2.45, 2.75) is 12.2 Å². The average Bonchev–Trinajstić information content (AvgIpc) is 3.14. The number of furan rings is 1. The van der Waals surface area contributed by atoms with E-state index in [0.717, 1.165) is 5.56 Å².